The molecule has 1 saturated carbocycles. The number of benzene rings is 1. The van der Waals surface area contributed by atoms with E-state index in [0.717, 1.165) is 40.9 Å². The van der Waals surface area contributed by atoms with E-state index in [2.05, 4.69) is 34.2 Å². The molecule has 0 radical (unpaired) electrons. The highest BCUT2D eigenvalue weighted by Gasteiger charge is 2.29. The molecule has 1 fully saturated rings. The third kappa shape index (κ3) is 3.41. The van der Waals surface area contributed by atoms with Gasteiger partial charge in [0.25, 0.3) is 0 Å². The molecule has 0 amide bonds. The zero-order valence-electron chi connectivity index (χ0n) is 15.0. The first-order chi connectivity index (χ1) is 12.3. The van der Waals surface area contributed by atoms with Crippen molar-refractivity contribution >= 4 is 9.84 Å². The van der Waals surface area contributed by atoms with Gasteiger partial charge in [-0.05, 0) is 37.0 Å². The fraction of sp³-hybridized carbons (Fsp3) is 0.389. The summed E-state index contributed by atoms with van der Waals surface area (Å²) in [5.74, 6) is 0.954. The lowest BCUT2D eigenvalue weighted by Crippen LogP contribution is -2.04. The molecule has 0 atom stereocenters. The van der Waals surface area contributed by atoms with Crippen LogP contribution in [-0.2, 0) is 22.6 Å². The molecule has 0 bridgehead atoms. The predicted molar refractivity (Wildman–Crippen MR) is 99.2 cm³/mol. The van der Waals surface area contributed by atoms with Crippen LogP contribution in [0.2, 0.25) is 0 Å². The van der Waals surface area contributed by atoms with Crippen LogP contribution in [0.4, 0.5) is 0 Å². The fourth-order valence-electron chi connectivity index (χ4n) is 3.07. The van der Waals surface area contributed by atoms with Gasteiger partial charge in [-0.2, -0.15) is 10.2 Å². The normalized spacial score (nSPS) is 14.7. The fourth-order valence-corrected chi connectivity index (χ4v) is 3.66. The lowest BCUT2D eigenvalue weighted by Gasteiger charge is -2.08. The monoisotopic (exact) mass is 371 g/mol. The van der Waals surface area contributed by atoms with Gasteiger partial charge < -0.3 is 0 Å². The summed E-state index contributed by atoms with van der Waals surface area (Å²) in [6, 6.07) is 6.47. The minimum absolute atomic E-state index is 0.138. The van der Waals surface area contributed by atoms with Crippen molar-refractivity contribution in [1.82, 2.24) is 24.5 Å². The number of aromatic nitrogens is 5. The van der Waals surface area contributed by atoms with Gasteiger partial charge in [0, 0.05) is 30.6 Å². The van der Waals surface area contributed by atoms with Crippen molar-refractivity contribution in [1.29, 1.82) is 0 Å². The topological polar surface area (TPSA) is 82.7 Å². The maximum atomic E-state index is 11.6. The van der Waals surface area contributed by atoms with Crippen molar-refractivity contribution in [3.63, 3.8) is 0 Å². The Hall–Kier alpha value is -2.48. The SMILES string of the molecule is Cc1ccc(-c2nc(CS(C)(=O)=O)nn2C2CC2)cc1-c1cnn(C)c1. The van der Waals surface area contributed by atoms with Crippen LogP contribution in [0.5, 0.6) is 0 Å². The zero-order chi connectivity index (χ0) is 18.5. The Labute approximate surface area is 152 Å². The average molecular weight is 371 g/mol. The number of hydrogen-bond donors (Lipinski definition) is 0. The predicted octanol–water partition coefficient (Wildman–Crippen LogP) is 2.53. The van der Waals surface area contributed by atoms with E-state index in [1.54, 1.807) is 4.68 Å². The summed E-state index contributed by atoms with van der Waals surface area (Å²) in [5.41, 5.74) is 4.22. The van der Waals surface area contributed by atoms with Crippen LogP contribution in [0.15, 0.2) is 30.6 Å². The third-order valence-electron chi connectivity index (χ3n) is 4.47. The Morgan fingerprint density at radius 1 is 1.23 bits per heavy atom. The number of nitrogens with zero attached hydrogens (tertiary/aromatic N) is 5. The zero-order valence-corrected chi connectivity index (χ0v) is 15.9. The van der Waals surface area contributed by atoms with E-state index >= 15 is 0 Å². The largest absolute Gasteiger partial charge is 0.275 e. The molecule has 7 nitrogen and oxygen atoms in total. The van der Waals surface area contributed by atoms with Crippen LogP contribution >= 0.6 is 0 Å². The lowest BCUT2D eigenvalue weighted by molar-refractivity contribution is 0.597. The van der Waals surface area contributed by atoms with Gasteiger partial charge in [0.1, 0.15) is 5.75 Å². The Balaban J connectivity index is 1.80. The standard InChI is InChI=1S/C18H21N5O2S/c1-12-4-5-13(8-16(12)14-9-19-22(2)10-14)18-20-17(11-26(3,24)25)21-23(18)15-6-7-15/h4-5,8-10,15H,6-7,11H2,1-3H3. The van der Waals surface area contributed by atoms with Gasteiger partial charge in [-0.1, -0.05) is 12.1 Å². The molecule has 26 heavy (non-hydrogen) atoms. The van der Waals surface area contributed by atoms with Crippen LogP contribution in [0.1, 0.15) is 30.3 Å². The van der Waals surface area contributed by atoms with E-state index in [1.165, 1.54) is 6.26 Å². The first-order valence-corrected chi connectivity index (χ1v) is 10.6. The molecule has 136 valence electrons. The second-order valence-corrected chi connectivity index (χ2v) is 9.17. The summed E-state index contributed by atoms with van der Waals surface area (Å²) in [4.78, 5) is 4.55. The second kappa shape index (κ2) is 6.05. The molecule has 3 aromatic rings. The quantitative estimate of drug-likeness (QED) is 0.688. The van der Waals surface area contributed by atoms with E-state index in [0.29, 0.717) is 11.9 Å². The molecule has 2 heterocycles. The minimum Gasteiger partial charge on any atom is -0.275 e. The Bertz CT molecular complexity index is 1080. The summed E-state index contributed by atoms with van der Waals surface area (Å²) in [7, 11) is -1.28. The van der Waals surface area contributed by atoms with E-state index < -0.39 is 9.84 Å². The van der Waals surface area contributed by atoms with Crippen LogP contribution in [-0.4, -0.2) is 39.2 Å². The van der Waals surface area contributed by atoms with Crippen molar-refractivity contribution < 1.29 is 8.42 Å². The number of sulfone groups is 1. The van der Waals surface area contributed by atoms with Gasteiger partial charge in [0.2, 0.25) is 0 Å². The number of hydrogen-bond acceptors (Lipinski definition) is 5. The molecule has 1 aromatic carbocycles. The lowest BCUT2D eigenvalue weighted by atomic mass is 10.0. The maximum absolute atomic E-state index is 11.6. The Morgan fingerprint density at radius 3 is 2.62 bits per heavy atom. The summed E-state index contributed by atoms with van der Waals surface area (Å²) in [5, 5.41) is 8.73. The molecule has 0 aliphatic heterocycles. The van der Waals surface area contributed by atoms with E-state index in [9.17, 15) is 8.42 Å². The van der Waals surface area contributed by atoms with Gasteiger partial charge in [-0.15, -0.1) is 0 Å². The highest BCUT2D eigenvalue weighted by atomic mass is 32.2. The summed E-state index contributed by atoms with van der Waals surface area (Å²) >= 11 is 0. The molecule has 0 N–H and O–H groups in total. The summed E-state index contributed by atoms with van der Waals surface area (Å²) in [6.45, 7) is 2.06. The Kier molecular flexibility index (Phi) is 3.95. The molecule has 4 rings (SSSR count). The summed E-state index contributed by atoms with van der Waals surface area (Å²) < 4.78 is 26.9. The molecule has 1 aliphatic rings. The van der Waals surface area contributed by atoms with E-state index in [4.69, 9.17) is 0 Å². The first-order valence-electron chi connectivity index (χ1n) is 8.53. The van der Waals surface area contributed by atoms with Crippen molar-refractivity contribution in [2.24, 2.45) is 7.05 Å². The van der Waals surface area contributed by atoms with Crippen LogP contribution in [0, 0.1) is 6.92 Å². The molecular weight excluding hydrogens is 350 g/mol. The Morgan fingerprint density at radius 2 is 2.00 bits per heavy atom. The van der Waals surface area contributed by atoms with Crippen molar-refractivity contribution in [3.05, 3.63) is 42.0 Å². The second-order valence-electron chi connectivity index (χ2n) is 7.03. The average Bonchev–Trinajstić information content (AvgIpc) is 3.19. The molecule has 0 spiro atoms. The summed E-state index contributed by atoms with van der Waals surface area (Å²) in [6.07, 6.45) is 7.13. The third-order valence-corrected chi connectivity index (χ3v) is 5.25. The first kappa shape index (κ1) is 17.0. The van der Waals surface area contributed by atoms with E-state index in [-0.39, 0.29) is 5.75 Å². The van der Waals surface area contributed by atoms with E-state index in [1.807, 2.05) is 30.2 Å². The van der Waals surface area contributed by atoms with Gasteiger partial charge in [0.15, 0.2) is 21.5 Å². The number of rotatable bonds is 5. The highest BCUT2D eigenvalue weighted by Crippen LogP contribution is 2.38. The molecule has 0 unspecified atom stereocenters. The smallest absolute Gasteiger partial charge is 0.166 e. The maximum Gasteiger partial charge on any atom is 0.166 e. The molecule has 8 heteroatoms. The van der Waals surface area contributed by atoms with Crippen molar-refractivity contribution in [2.75, 3.05) is 6.26 Å². The van der Waals surface area contributed by atoms with Gasteiger partial charge in [-0.25, -0.2) is 18.1 Å². The molecular formula is C18H21N5O2S. The number of aryl methyl sites for hydroxylation is 2. The van der Waals surface area contributed by atoms with Crippen LogP contribution < -0.4 is 0 Å². The van der Waals surface area contributed by atoms with Crippen molar-refractivity contribution in [2.45, 2.75) is 31.6 Å². The molecule has 0 saturated heterocycles. The van der Waals surface area contributed by atoms with Gasteiger partial charge >= 0.3 is 0 Å². The minimum atomic E-state index is -3.17. The van der Waals surface area contributed by atoms with Gasteiger partial charge in [-0.3, -0.25) is 4.68 Å². The molecule has 1 aliphatic carbocycles. The van der Waals surface area contributed by atoms with Crippen LogP contribution in [0.25, 0.3) is 22.5 Å². The van der Waals surface area contributed by atoms with Crippen LogP contribution in [0.3, 0.4) is 0 Å². The highest BCUT2D eigenvalue weighted by molar-refractivity contribution is 7.89. The van der Waals surface area contributed by atoms with Crippen molar-refractivity contribution in [3.8, 4) is 22.5 Å². The molecule has 2 aromatic heterocycles. The van der Waals surface area contributed by atoms with Gasteiger partial charge in [0.05, 0.1) is 12.2 Å².